The molecule has 7 heteroatoms. The number of anilines is 1. The van der Waals surface area contributed by atoms with E-state index in [1.54, 1.807) is 24.3 Å². The summed E-state index contributed by atoms with van der Waals surface area (Å²) in [5, 5.41) is 11.0. The minimum atomic E-state index is -0.366. The standard InChI is InChI=1S/C21H14ClN3OS2/c22-17-8-4-3-7-16(17)19(26)24-20(27)25-21-23-18(12-28-21)15-10-9-13-5-1-2-6-14(13)11-15/h1-12H,(H2,23,24,25,26,27). The minimum absolute atomic E-state index is 0.171. The number of hydrogen-bond donors (Lipinski definition) is 2. The van der Waals surface area contributed by atoms with Crippen molar-refractivity contribution in [3.05, 3.63) is 82.7 Å². The Kier molecular flexibility index (Phi) is 5.34. The molecular weight excluding hydrogens is 410 g/mol. The Morgan fingerprint density at radius 1 is 1.00 bits per heavy atom. The molecule has 28 heavy (non-hydrogen) atoms. The van der Waals surface area contributed by atoms with Gasteiger partial charge in [0.15, 0.2) is 10.2 Å². The van der Waals surface area contributed by atoms with Gasteiger partial charge in [-0.1, -0.05) is 60.1 Å². The van der Waals surface area contributed by atoms with E-state index in [4.69, 9.17) is 23.8 Å². The topological polar surface area (TPSA) is 54.0 Å². The van der Waals surface area contributed by atoms with Crippen LogP contribution in [0.25, 0.3) is 22.0 Å². The molecule has 0 saturated heterocycles. The number of benzene rings is 3. The smallest absolute Gasteiger partial charge is 0.258 e. The fraction of sp³-hybridized carbons (Fsp3) is 0. The van der Waals surface area contributed by atoms with Crippen molar-refractivity contribution in [1.29, 1.82) is 0 Å². The summed E-state index contributed by atoms with van der Waals surface area (Å²) in [6.45, 7) is 0. The average Bonchev–Trinajstić information content (AvgIpc) is 3.16. The highest BCUT2D eigenvalue weighted by atomic mass is 35.5. The van der Waals surface area contributed by atoms with Gasteiger partial charge in [-0.25, -0.2) is 4.98 Å². The van der Waals surface area contributed by atoms with Crippen LogP contribution in [0.5, 0.6) is 0 Å². The number of hydrogen-bond acceptors (Lipinski definition) is 4. The Labute approximate surface area is 176 Å². The van der Waals surface area contributed by atoms with Gasteiger partial charge in [0.05, 0.1) is 16.3 Å². The maximum atomic E-state index is 12.3. The predicted octanol–water partition coefficient (Wildman–Crippen LogP) is 5.74. The molecule has 0 atom stereocenters. The van der Waals surface area contributed by atoms with Crippen LogP contribution in [0, 0.1) is 0 Å². The lowest BCUT2D eigenvalue weighted by atomic mass is 10.1. The van der Waals surface area contributed by atoms with Gasteiger partial charge < -0.3 is 5.32 Å². The highest BCUT2D eigenvalue weighted by molar-refractivity contribution is 7.80. The Morgan fingerprint density at radius 3 is 2.57 bits per heavy atom. The summed E-state index contributed by atoms with van der Waals surface area (Å²) in [6, 6.07) is 21.2. The van der Waals surface area contributed by atoms with Gasteiger partial charge in [0.1, 0.15) is 0 Å². The summed E-state index contributed by atoms with van der Waals surface area (Å²) in [5.41, 5.74) is 2.23. The molecule has 0 bridgehead atoms. The number of fused-ring (bicyclic) bond motifs is 1. The number of thiocarbonyl (C=S) groups is 1. The van der Waals surface area contributed by atoms with E-state index in [1.807, 2.05) is 23.6 Å². The maximum absolute atomic E-state index is 12.3. The number of thiazole rings is 1. The van der Waals surface area contributed by atoms with Crippen LogP contribution in [0.2, 0.25) is 5.02 Å². The van der Waals surface area contributed by atoms with Gasteiger partial charge >= 0.3 is 0 Å². The van der Waals surface area contributed by atoms with Crippen LogP contribution in [0.1, 0.15) is 10.4 Å². The van der Waals surface area contributed by atoms with Crippen LogP contribution in [0.4, 0.5) is 5.13 Å². The molecular formula is C21H14ClN3OS2. The normalized spacial score (nSPS) is 10.6. The average molecular weight is 424 g/mol. The van der Waals surface area contributed by atoms with E-state index < -0.39 is 0 Å². The van der Waals surface area contributed by atoms with Crippen molar-refractivity contribution >= 4 is 62.1 Å². The molecule has 0 aliphatic rings. The quantitative estimate of drug-likeness (QED) is 0.412. The Morgan fingerprint density at radius 2 is 1.75 bits per heavy atom. The molecule has 2 N–H and O–H groups in total. The minimum Gasteiger partial charge on any atom is -0.308 e. The van der Waals surface area contributed by atoms with Gasteiger partial charge in [-0.3, -0.25) is 10.1 Å². The van der Waals surface area contributed by atoms with E-state index in [1.165, 1.54) is 16.7 Å². The molecule has 4 nitrogen and oxygen atoms in total. The van der Waals surface area contributed by atoms with E-state index in [-0.39, 0.29) is 11.0 Å². The molecule has 1 heterocycles. The first-order valence-corrected chi connectivity index (χ1v) is 10.1. The second-order valence-electron chi connectivity index (χ2n) is 5.99. The van der Waals surface area contributed by atoms with E-state index in [9.17, 15) is 4.79 Å². The Hall–Kier alpha value is -2.80. The molecule has 0 saturated carbocycles. The Bertz CT molecular complexity index is 1190. The molecule has 0 radical (unpaired) electrons. The molecule has 1 aromatic heterocycles. The molecule has 0 aliphatic heterocycles. The molecule has 0 spiro atoms. The Balaban J connectivity index is 1.46. The van der Waals surface area contributed by atoms with Crippen molar-refractivity contribution < 1.29 is 4.79 Å². The molecule has 0 fully saturated rings. The zero-order chi connectivity index (χ0) is 19.5. The number of carbonyl (C=O) groups excluding carboxylic acids is 1. The molecule has 0 aliphatic carbocycles. The molecule has 4 rings (SSSR count). The zero-order valence-corrected chi connectivity index (χ0v) is 16.9. The largest absolute Gasteiger partial charge is 0.308 e. The van der Waals surface area contributed by atoms with Crippen molar-refractivity contribution in [2.45, 2.75) is 0 Å². The first-order valence-electron chi connectivity index (χ1n) is 8.42. The fourth-order valence-electron chi connectivity index (χ4n) is 2.76. The number of nitrogens with one attached hydrogen (secondary N) is 2. The predicted molar refractivity (Wildman–Crippen MR) is 120 cm³/mol. The van der Waals surface area contributed by atoms with Crippen LogP contribution >= 0.6 is 35.2 Å². The first-order chi connectivity index (χ1) is 13.6. The van der Waals surface area contributed by atoms with Gasteiger partial charge in [-0.15, -0.1) is 11.3 Å². The molecule has 0 unspecified atom stereocenters. The highest BCUT2D eigenvalue weighted by Crippen LogP contribution is 2.27. The van der Waals surface area contributed by atoms with E-state index >= 15 is 0 Å². The lowest BCUT2D eigenvalue weighted by Crippen LogP contribution is -2.34. The SMILES string of the molecule is O=C(NC(=S)Nc1nc(-c2ccc3ccccc3c2)cs1)c1ccccc1Cl. The van der Waals surface area contributed by atoms with Crippen molar-refractivity contribution in [2.75, 3.05) is 5.32 Å². The number of aromatic nitrogens is 1. The summed E-state index contributed by atoms with van der Waals surface area (Å²) in [5.74, 6) is -0.366. The second kappa shape index (κ2) is 8.06. The third-order valence-corrected chi connectivity index (χ3v) is 5.41. The monoisotopic (exact) mass is 423 g/mol. The lowest BCUT2D eigenvalue weighted by Gasteiger charge is -2.08. The summed E-state index contributed by atoms with van der Waals surface area (Å²) in [4.78, 5) is 16.8. The zero-order valence-electron chi connectivity index (χ0n) is 14.5. The van der Waals surface area contributed by atoms with E-state index in [2.05, 4.69) is 39.9 Å². The highest BCUT2D eigenvalue weighted by Gasteiger charge is 2.12. The van der Waals surface area contributed by atoms with Crippen LogP contribution < -0.4 is 10.6 Å². The van der Waals surface area contributed by atoms with Crippen LogP contribution in [-0.4, -0.2) is 16.0 Å². The number of carbonyl (C=O) groups is 1. The molecule has 138 valence electrons. The van der Waals surface area contributed by atoms with Gasteiger partial charge in [0.2, 0.25) is 0 Å². The molecule has 4 aromatic rings. The van der Waals surface area contributed by atoms with Crippen molar-refractivity contribution in [3.8, 4) is 11.3 Å². The number of nitrogens with zero attached hydrogens (tertiary/aromatic N) is 1. The van der Waals surface area contributed by atoms with E-state index in [0.717, 1.165) is 16.6 Å². The van der Waals surface area contributed by atoms with Gasteiger partial charge in [0, 0.05) is 10.9 Å². The summed E-state index contributed by atoms with van der Waals surface area (Å²) < 4.78 is 0. The van der Waals surface area contributed by atoms with Gasteiger partial charge in [-0.05, 0) is 41.2 Å². The van der Waals surface area contributed by atoms with Gasteiger partial charge in [0.25, 0.3) is 5.91 Å². The number of rotatable bonds is 3. The number of amides is 1. The lowest BCUT2D eigenvalue weighted by molar-refractivity contribution is 0.0978. The van der Waals surface area contributed by atoms with Crippen molar-refractivity contribution in [2.24, 2.45) is 0 Å². The van der Waals surface area contributed by atoms with Crippen molar-refractivity contribution in [3.63, 3.8) is 0 Å². The maximum Gasteiger partial charge on any atom is 0.258 e. The van der Waals surface area contributed by atoms with Crippen LogP contribution in [0.3, 0.4) is 0 Å². The number of halogens is 1. The third kappa shape index (κ3) is 4.04. The summed E-state index contributed by atoms with van der Waals surface area (Å²) in [6.07, 6.45) is 0. The molecule has 1 amide bonds. The van der Waals surface area contributed by atoms with Gasteiger partial charge in [-0.2, -0.15) is 0 Å². The fourth-order valence-corrected chi connectivity index (χ4v) is 3.96. The summed E-state index contributed by atoms with van der Waals surface area (Å²) >= 11 is 12.7. The second-order valence-corrected chi connectivity index (χ2v) is 7.66. The van der Waals surface area contributed by atoms with Crippen molar-refractivity contribution in [1.82, 2.24) is 10.3 Å². The molecule has 3 aromatic carbocycles. The van der Waals surface area contributed by atoms with Crippen LogP contribution in [0.15, 0.2) is 72.1 Å². The summed E-state index contributed by atoms with van der Waals surface area (Å²) in [7, 11) is 0. The third-order valence-electron chi connectivity index (χ3n) is 4.12. The first kappa shape index (κ1) is 18.6. The van der Waals surface area contributed by atoms with Crippen LogP contribution in [-0.2, 0) is 0 Å². The van der Waals surface area contributed by atoms with E-state index in [0.29, 0.717) is 15.7 Å².